The highest BCUT2D eigenvalue weighted by molar-refractivity contribution is 7.14. The predicted molar refractivity (Wildman–Crippen MR) is 62.1 cm³/mol. The molecule has 1 rings (SSSR count). The first-order chi connectivity index (χ1) is 8.19. The summed E-state index contributed by atoms with van der Waals surface area (Å²) in [5.41, 5.74) is -0.210. The molecule has 0 bridgehead atoms. The SMILES string of the molecule is C=CCON=C(C(=O)O)c1csc(NC=O)n1. The number of rotatable bonds is 7. The summed E-state index contributed by atoms with van der Waals surface area (Å²) in [6.45, 7) is 3.50. The van der Waals surface area contributed by atoms with Gasteiger partial charge in [0.2, 0.25) is 12.1 Å². The molecule has 7 nitrogen and oxygen atoms in total. The molecule has 17 heavy (non-hydrogen) atoms. The molecule has 8 heteroatoms. The maximum Gasteiger partial charge on any atom is 0.360 e. The largest absolute Gasteiger partial charge is 0.476 e. The molecule has 0 radical (unpaired) electrons. The second-order valence-corrected chi connectivity index (χ2v) is 3.49. The lowest BCUT2D eigenvalue weighted by atomic mass is 10.3. The highest BCUT2D eigenvalue weighted by Crippen LogP contribution is 2.15. The zero-order valence-corrected chi connectivity index (χ0v) is 9.44. The summed E-state index contributed by atoms with van der Waals surface area (Å²) in [6, 6.07) is 0. The van der Waals surface area contributed by atoms with Crippen molar-refractivity contribution in [3.05, 3.63) is 23.7 Å². The monoisotopic (exact) mass is 255 g/mol. The van der Waals surface area contributed by atoms with Gasteiger partial charge in [-0.3, -0.25) is 4.79 Å². The number of nitrogens with zero attached hydrogens (tertiary/aromatic N) is 2. The number of carbonyl (C=O) groups is 2. The van der Waals surface area contributed by atoms with Crippen LogP contribution in [0.25, 0.3) is 0 Å². The molecule has 0 aromatic carbocycles. The van der Waals surface area contributed by atoms with E-state index >= 15 is 0 Å². The number of nitrogens with one attached hydrogen (secondary N) is 1. The number of aliphatic carboxylic acids is 1. The highest BCUT2D eigenvalue weighted by Gasteiger charge is 2.17. The molecule has 0 fully saturated rings. The molecule has 90 valence electrons. The maximum absolute atomic E-state index is 10.9. The normalized spacial score (nSPS) is 10.7. The predicted octanol–water partition coefficient (Wildman–Crippen LogP) is 0.703. The molecule has 0 aliphatic heterocycles. The smallest absolute Gasteiger partial charge is 0.360 e. The van der Waals surface area contributed by atoms with Crippen LogP contribution in [0.5, 0.6) is 0 Å². The number of aromatic nitrogens is 1. The Morgan fingerprint density at radius 3 is 3.12 bits per heavy atom. The number of carbonyl (C=O) groups excluding carboxylic acids is 1. The van der Waals surface area contributed by atoms with Crippen LogP contribution in [-0.4, -0.2) is 34.8 Å². The van der Waals surface area contributed by atoms with Crippen molar-refractivity contribution in [3.8, 4) is 0 Å². The van der Waals surface area contributed by atoms with E-state index in [0.717, 1.165) is 11.3 Å². The van der Waals surface area contributed by atoms with Crippen LogP contribution in [0.3, 0.4) is 0 Å². The summed E-state index contributed by atoms with van der Waals surface area (Å²) >= 11 is 1.09. The lowest BCUT2D eigenvalue weighted by Gasteiger charge is -1.97. The van der Waals surface area contributed by atoms with Crippen molar-refractivity contribution in [2.45, 2.75) is 0 Å². The molecule has 0 aliphatic carbocycles. The molecule has 0 saturated carbocycles. The second-order valence-electron chi connectivity index (χ2n) is 2.63. The molecule has 0 aliphatic rings. The Hall–Kier alpha value is -2.22. The van der Waals surface area contributed by atoms with Gasteiger partial charge in [-0.1, -0.05) is 17.8 Å². The third kappa shape index (κ3) is 3.68. The van der Waals surface area contributed by atoms with Gasteiger partial charge < -0.3 is 15.3 Å². The van der Waals surface area contributed by atoms with Crippen molar-refractivity contribution in [3.63, 3.8) is 0 Å². The van der Waals surface area contributed by atoms with Gasteiger partial charge in [-0.2, -0.15) is 0 Å². The fourth-order valence-electron chi connectivity index (χ4n) is 0.849. The summed E-state index contributed by atoms with van der Waals surface area (Å²) in [5, 5.41) is 16.4. The van der Waals surface area contributed by atoms with Crippen LogP contribution in [0.4, 0.5) is 5.13 Å². The topological polar surface area (TPSA) is 101 Å². The first-order valence-corrected chi connectivity index (χ1v) is 5.27. The lowest BCUT2D eigenvalue weighted by molar-refractivity contribution is -0.129. The number of carboxylic acid groups (broad SMARTS) is 1. The van der Waals surface area contributed by atoms with E-state index in [1.807, 2.05) is 0 Å². The van der Waals surface area contributed by atoms with Crippen molar-refractivity contribution >= 4 is 34.6 Å². The summed E-state index contributed by atoms with van der Waals surface area (Å²) in [4.78, 5) is 29.6. The Labute approximate surface area is 100 Å². The fraction of sp³-hybridized carbons (Fsp3) is 0.111. The van der Waals surface area contributed by atoms with Crippen molar-refractivity contribution in [2.75, 3.05) is 11.9 Å². The van der Waals surface area contributed by atoms with Crippen LogP contribution < -0.4 is 5.32 Å². The molecule has 2 N–H and O–H groups in total. The lowest BCUT2D eigenvalue weighted by Crippen LogP contribution is -2.15. The van der Waals surface area contributed by atoms with E-state index in [0.29, 0.717) is 6.41 Å². The molecule has 1 heterocycles. The van der Waals surface area contributed by atoms with Gasteiger partial charge in [0.05, 0.1) is 0 Å². The average molecular weight is 255 g/mol. The van der Waals surface area contributed by atoms with Crippen molar-refractivity contribution in [1.82, 2.24) is 4.98 Å². The van der Waals surface area contributed by atoms with Crippen molar-refractivity contribution in [1.29, 1.82) is 0 Å². The van der Waals surface area contributed by atoms with E-state index < -0.39 is 5.97 Å². The van der Waals surface area contributed by atoms with Gasteiger partial charge in [0.25, 0.3) is 0 Å². The highest BCUT2D eigenvalue weighted by atomic mass is 32.1. The molecular weight excluding hydrogens is 246 g/mol. The molecule has 0 unspecified atom stereocenters. The second kappa shape index (κ2) is 6.38. The Bertz CT molecular complexity index is 455. The van der Waals surface area contributed by atoms with Gasteiger partial charge in [0.15, 0.2) is 5.13 Å². The van der Waals surface area contributed by atoms with Crippen LogP contribution in [0, 0.1) is 0 Å². The number of oxime groups is 1. The fourth-order valence-corrected chi connectivity index (χ4v) is 1.50. The first kappa shape index (κ1) is 12.8. The van der Waals surface area contributed by atoms with Crippen LogP contribution in [0.15, 0.2) is 23.2 Å². The molecule has 1 aromatic rings. The first-order valence-electron chi connectivity index (χ1n) is 4.39. The minimum Gasteiger partial charge on any atom is -0.476 e. The zero-order chi connectivity index (χ0) is 12.7. The third-order valence-corrected chi connectivity index (χ3v) is 2.25. The van der Waals surface area contributed by atoms with E-state index in [4.69, 9.17) is 9.94 Å². The van der Waals surface area contributed by atoms with Gasteiger partial charge in [-0.25, -0.2) is 9.78 Å². The van der Waals surface area contributed by atoms with Crippen LogP contribution >= 0.6 is 11.3 Å². The van der Waals surface area contributed by atoms with Gasteiger partial charge in [0.1, 0.15) is 12.3 Å². The standard InChI is InChI=1S/C9H9N3O4S/c1-2-3-16-12-7(8(14)15)6-4-17-9(11-6)10-5-13/h2,4-5H,1,3H2,(H,14,15)(H,10,11,13). The van der Waals surface area contributed by atoms with Crippen LogP contribution in [0.1, 0.15) is 5.69 Å². The Morgan fingerprint density at radius 1 is 1.76 bits per heavy atom. The zero-order valence-electron chi connectivity index (χ0n) is 8.62. The molecule has 0 spiro atoms. The number of hydrogen-bond acceptors (Lipinski definition) is 6. The summed E-state index contributed by atoms with van der Waals surface area (Å²) in [7, 11) is 0. The van der Waals surface area contributed by atoms with Crippen molar-refractivity contribution < 1.29 is 19.5 Å². The van der Waals surface area contributed by atoms with Crippen LogP contribution in [0.2, 0.25) is 0 Å². The minimum atomic E-state index is -1.27. The van der Waals surface area contributed by atoms with Crippen molar-refractivity contribution in [2.24, 2.45) is 5.16 Å². The average Bonchev–Trinajstić information content (AvgIpc) is 2.73. The van der Waals surface area contributed by atoms with E-state index in [-0.39, 0.29) is 23.1 Å². The molecular formula is C9H9N3O4S. The number of carboxylic acids is 1. The number of anilines is 1. The Balaban J connectivity index is 2.88. The number of thiazole rings is 1. The molecule has 1 aromatic heterocycles. The molecule has 0 saturated heterocycles. The quantitative estimate of drug-likeness (QED) is 0.245. The minimum absolute atomic E-state index is 0.0976. The van der Waals surface area contributed by atoms with Gasteiger partial charge >= 0.3 is 5.97 Å². The van der Waals surface area contributed by atoms with E-state index in [1.54, 1.807) is 0 Å². The van der Waals surface area contributed by atoms with E-state index in [2.05, 4.69) is 22.0 Å². The van der Waals surface area contributed by atoms with Gasteiger partial charge in [-0.15, -0.1) is 11.3 Å². The summed E-state index contributed by atoms with van der Waals surface area (Å²) < 4.78 is 0. The Morgan fingerprint density at radius 2 is 2.53 bits per heavy atom. The van der Waals surface area contributed by atoms with E-state index in [1.165, 1.54) is 11.5 Å². The maximum atomic E-state index is 10.9. The number of amides is 1. The molecule has 1 amide bonds. The third-order valence-electron chi connectivity index (χ3n) is 1.48. The summed E-state index contributed by atoms with van der Waals surface area (Å²) in [5.74, 6) is -1.27. The summed E-state index contributed by atoms with van der Waals surface area (Å²) in [6.07, 6.45) is 1.89. The molecule has 0 atom stereocenters. The van der Waals surface area contributed by atoms with Gasteiger partial charge in [0, 0.05) is 5.38 Å². The number of hydrogen-bond donors (Lipinski definition) is 2. The Kier molecular flexibility index (Phi) is 4.82. The van der Waals surface area contributed by atoms with E-state index in [9.17, 15) is 9.59 Å². The van der Waals surface area contributed by atoms with Gasteiger partial charge in [-0.05, 0) is 0 Å². The van der Waals surface area contributed by atoms with Crippen LogP contribution in [-0.2, 0) is 14.4 Å².